The van der Waals surface area contributed by atoms with Gasteiger partial charge in [0.25, 0.3) is 0 Å². The number of urea groups is 1. The predicted octanol–water partition coefficient (Wildman–Crippen LogP) is 2.31. The first-order valence-electron chi connectivity index (χ1n) is 8.32. The molecule has 2 amide bonds. The Morgan fingerprint density at radius 2 is 2.04 bits per heavy atom. The highest BCUT2D eigenvalue weighted by molar-refractivity contribution is 5.74. The number of hydrogen-bond acceptors (Lipinski definition) is 4. The number of nitrogens with one attached hydrogen (secondary N) is 2. The fraction of sp³-hybridized carbons (Fsp3) is 0.588. The van der Waals surface area contributed by atoms with E-state index < -0.39 is 5.97 Å². The van der Waals surface area contributed by atoms with Crippen molar-refractivity contribution in [2.45, 2.75) is 58.2 Å². The van der Waals surface area contributed by atoms with Crippen LogP contribution in [0.15, 0.2) is 18.3 Å². The molecule has 1 aromatic rings. The molecule has 0 saturated heterocycles. The summed E-state index contributed by atoms with van der Waals surface area (Å²) in [6.07, 6.45) is 4.32. The van der Waals surface area contributed by atoms with E-state index >= 15 is 0 Å². The van der Waals surface area contributed by atoms with Crippen LogP contribution in [0, 0.1) is 5.92 Å². The van der Waals surface area contributed by atoms with Gasteiger partial charge in [-0.3, -0.25) is 4.79 Å². The van der Waals surface area contributed by atoms with E-state index in [1.54, 1.807) is 12.3 Å². The lowest BCUT2D eigenvalue weighted by Gasteiger charge is -2.26. The molecule has 1 heterocycles. The summed E-state index contributed by atoms with van der Waals surface area (Å²) < 4.78 is 5.53. The largest absolute Gasteiger partial charge is 0.481 e. The van der Waals surface area contributed by atoms with E-state index in [-0.39, 0.29) is 24.1 Å². The van der Waals surface area contributed by atoms with Crippen LogP contribution in [-0.2, 0) is 11.3 Å². The van der Waals surface area contributed by atoms with E-state index in [4.69, 9.17) is 9.84 Å². The number of carbonyl (C=O) groups excluding carboxylic acids is 1. The van der Waals surface area contributed by atoms with Crippen LogP contribution in [0.1, 0.15) is 45.1 Å². The van der Waals surface area contributed by atoms with Gasteiger partial charge in [0.2, 0.25) is 5.88 Å². The fourth-order valence-electron chi connectivity index (χ4n) is 2.77. The molecule has 132 valence electrons. The van der Waals surface area contributed by atoms with E-state index in [9.17, 15) is 9.59 Å². The number of aromatic nitrogens is 1. The monoisotopic (exact) mass is 335 g/mol. The Hall–Kier alpha value is -2.31. The molecule has 1 aromatic heterocycles. The zero-order valence-corrected chi connectivity index (χ0v) is 14.1. The minimum absolute atomic E-state index is 0.0397. The Morgan fingerprint density at radius 1 is 1.33 bits per heavy atom. The highest BCUT2D eigenvalue weighted by atomic mass is 16.5. The second-order valence-electron chi connectivity index (χ2n) is 6.38. The van der Waals surface area contributed by atoms with E-state index in [0.717, 1.165) is 5.56 Å². The third-order valence-corrected chi connectivity index (χ3v) is 4.02. The van der Waals surface area contributed by atoms with Crippen molar-refractivity contribution in [1.82, 2.24) is 15.6 Å². The second kappa shape index (κ2) is 8.52. The maximum absolute atomic E-state index is 12.0. The molecular formula is C17H25N3O4. The molecule has 1 aliphatic rings. The van der Waals surface area contributed by atoms with E-state index in [1.165, 1.54) is 0 Å². The summed E-state index contributed by atoms with van der Waals surface area (Å²) in [5.41, 5.74) is 0.908. The van der Waals surface area contributed by atoms with Crippen LogP contribution in [0.4, 0.5) is 4.79 Å². The number of hydrogen-bond donors (Lipinski definition) is 3. The number of carboxylic acids is 1. The number of nitrogens with zero attached hydrogens (tertiary/aromatic N) is 1. The minimum atomic E-state index is -0.741. The van der Waals surface area contributed by atoms with Gasteiger partial charge < -0.3 is 20.5 Å². The average molecular weight is 335 g/mol. The summed E-state index contributed by atoms with van der Waals surface area (Å²) in [6.45, 7) is 4.24. The lowest BCUT2D eigenvalue weighted by Crippen LogP contribution is -2.43. The molecule has 0 aromatic carbocycles. The van der Waals surface area contributed by atoms with Crippen LogP contribution < -0.4 is 15.4 Å². The maximum atomic E-state index is 12.0. The molecule has 1 aliphatic carbocycles. The predicted molar refractivity (Wildman–Crippen MR) is 88.8 cm³/mol. The van der Waals surface area contributed by atoms with Gasteiger partial charge >= 0.3 is 12.0 Å². The van der Waals surface area contributed by atoms with Crippen molar-refractivity contribution in [2.24, 2.45) is 5.92 Å². The summed E-state index contributed by atoms with van der Waals surface area (Å²) >= 11 is 0. The zero-order valence-electron chi connectivity index (χ0n) is 14.1. The van der Waals surface area contributed by atoms with Crippen LogP contribution in [-0.4, -0.2) is 34.2 Å². The number of amides is 2. The van der Waals surface area contributed by atoms with Gasteiger partial charge in [0.15, 0.2) is 0 Å². The highest BCUT2D eigenvalue weighted by Gasteiger charge is 2.26. The van der Waals surface area contributed by atoms with Gasteiger partial charge in [-0.2, -0.15) is 0 Å². The SMILES string of the molecule is CC(C)Oc1cc(CNC(=O)NC2CCC(C(=O)O)CC2)ccn1. The first-order valence-corrected chi connectivity index (χ1v) is 8.32. The molecular weight excluding hydrogens is 310 g/mol. The van der Waals surface area contributed by atoms with E-state index in [0.29, 0.717) is 38.1 Å². The van der Waals surface area contributed by atoms with Crippen LogP contribution in [0.3, 0.4) is 0 Å². The van der Waals surface area contributed by atoms with Gasteiger partial charge in [-0.15, -0.1) is 0 Å². The van der Waals surface area contributed by atoms with Gasteiger partial charge in [-0.1, -0.05) is 0 Å². The summed E-state index contributed by atoms with van der Waals surface area (Å²) in [5, 5.41) is 14.7. The lowest BCUT2D eigenvalue weighted by atomic mass is 9.86. The number of rotatable bonds is 6. The number of pyridine rings is 1. The average Bonchev–Trinajstić information content (AvgIpc) is 2.53. The van der Waals surface area contributed by atoms with Crippen molar-refractivity contribution >= 4 is 12.0 Å². The lowest BCUT2D eigenvalue weighted by molar-refractivity contribution is -0.142. The topological polar surface area (TPSA) is 101 Å². The fourth-order valence-corrected chi connectivity index (χ4v) is 2.77. The summed E-state index contributed by atoms with van der Waals surface area (Å²) in [7, 11) is 0. The Bertz CT molecular complexity index is 569. The molecule has 0 atom stereocenters. The molecule has 7 heteroatoms. The Kier molecular flexibility index (Phi) is 6.40. The normalized spacial score (nSPS) is 20.5. The summed E-state index contributed by atoms with van der Waals surface area (Å²) in [5.74, 6) is -0.478. The van der Waals surface area contributed by atoms with Gasteiger partial charge in [-0.05, 0) is 51.2 Å². The van der Waals surface area contributed by atoms with Crippen LogP contribution >= 0.6 is 0 Å². The molecule has 1 saturated carbocycles. The van der Waals surface area contributed by atoms with Gasteiger partial charge in [0.1, 0.15) is 0 Å². The molecule has 24 heavy (non-hydrogen) atoms. The molecule has 7 nitrogen and oxygen atoms in total. The van der Waals surface area contributed by atoms with Crippen molar-refractivity contribution in [3.63, 3.8) is 0 Å². The zero-order chi connectivity index (χ0) is 17.5. The summed E-state index contributed by atoms with van der Waals surface area (Å²) in [4.78, 5) is 27.0. The molecule has 0 aliphatic heterocycles. The number of aliphatic carboxylic acids is 1. The quantitative estimate of drug-likeness (QED) is 0.740. The Morgan fingerprint density at radius 3 is 2.67 bits per heavy atom. The van der Waals surface area contributed by atoms with Gasteiger partial charge in [0, 0.05) is 24.8 Å². The molecule has 0 bridgehead atoms. The number of ether oxygens (including phenoxy) is 1. The van der Waals surface area contributed by atoms with Crippen LogP contribution in [0.2, 0.25) is 0 Å². The van der Waals surface area contributed by atoms with Crippen molar-refractivity contribution in [2.75, 3.05) is 0 Å². The Labute approximate surface area is 141 Å². The third-order valence-electron chi connectivity index (χ3n) is 4.02. The molecule has 0 unspecified atom stereocenters. The second-order valence-corrected chi connectivity index (χ2v) is 6.38. The first-order chi connectivity index (χ1) is 11.4. The van der Waals surface area contributed by atoms with Crippen LogP contribution in [0.5, 0.6) is 5.88 Å². The van der Waals surface area contributed by atoms with Crippen LogP contribution in [0.25, 0.3) is 0 Å². The number of carboxylic acid groups (broad SMARTS) is 1. The molecule has 1 fully saturated rings. The molecule has 0 spiro atoms. The third kappa shape index (κ3) is 5.72. The van der Waals surface area contributed by atoms with Crippen molar-refractivity contribution in [3.8, 4) is 5.88 Å². The maximum Gasteiger partial charge on any atom is 0.315 e. The smallest absolute Gasteiger partial charge is 0.315 e. The number of carbonyl (C=O) groups is 2. The van der Waals surface area contributed by atoms with Crippen molar-refractivity contribution in [1.29, 1.82) is 0 Å². The molecule has 0 radical (unpaired) electrons. The standard InChI is InChI=1S/C17H25N3O4/c1-11(2)24-15-9-12(7-8-18-15)10-19-17(23)20-14-5-3-13(4-6-14)16(21)22/h7-9,11,13-14H,3-6,10H2,1-2H3,(H,21,22)(H2,19,20,23). The first kappa shape index (κ1) is 18.0. The van der Waals surface area contributed by atoms with E-state index in [1.807, 2.05) is 19.9 Å². The van der Waals surface area contributed by atoms with Gasteiger partial charge in [0.05, 0.1) is 12.0 Å². The highest BCUT2D eigenvalue weighted by Crippen LogP contribution is 2.24. The Balaban J connectivity index is 1.74. The summed E-state index contributed by atoms with van der Waals surface area (Å²) in [6, 6.07) is 3.43. The van der Waals surface area contributed by atoms with Gasteiger partial charge in [-0.25, -0.2) is 9.78 Å². The minimum Gasteiger partial charge on any atom is -0.481 e. The molecule has 3 N–H and O–H groups in total. The van der Waals surface area contributed by atoms with E-state index in [2.05, 4.69) is 15.6 Å². The molecule has 2 rings (SSSR count). The van der Waals surface area contributed by atoms with Crippen molar-refractivity contribution < 1.29 is 19.4 Å². The van der Waals surface area contributed by atoms with Crippen molar-refractivity contribution in [3.05, 3.63) is 23.9 Å².